The molecule has 0 bridgehead atoms. The topological polar surface area (TPSA) is 62.1 Å². The number of anilines is 1. The van der Waals surface area contributed by atoms with Gasteiger partial charge in [-0.05, 0) is 43.0 Å². The molecule has 0 heterocycles. The number of carbonyl (C=O) groups is 1. The molecule has 4 nitrogen and oxygen atoms in total. The molecule has 1 aliphatic carbocycles. The van der Waals surface area contributed by atoms with Crippen LogP contribution in [0.4, 0.5) is 5.69 Å². The van der Waals surface area contributed by atoms with Crippen molar-refractivity contribution in [2.75, 3.05) is 11.9 Å². The maximum Gasteiger partial charge on any atom is 0.235 e. The second kappa shape index (κ2) is 8.73. The Morgan fingerprint density at radius 2 is 1.89 bits per heavy atom. The van der Waals surface area contributed by atoms with Gasteiger partial charge in [0.05, 0.1) is 17.6 Å². The summed E-state index contributed by atoms with van der Waals surface area (Å²) in [5, 5.41) is 12.5. The highest BCUT2D eigenvalue weighted by atomic mass is 16.5. The van der Waals surface area contributed by atoms with E-state index in [9.17, 15) is 10.1 Å². The van der Waals surface area contributed by atoms with E-state index in [0.717, 1.165) is 37.7 Å². The number of rotatable bonds is 6. The molecular weight excluding hydrogens is 336 g/mol. The van der Waals surface area contributed by atoms with Crippen LogP contribution in [0.5, 0.6) is 5.75 Å². The van der Waals surface area contributed by atoms with Crippen LogP contribution >= 0.6 is 0 Å². The highest BCUT2D eigenvalue weighted by molar-refractivity contribution is 5.99. The van der Waals surface area contributed by atoms with Gasteiger partial charge >= 0.3 is 0 Å². The van der Waals surface area contributed by atoms with Gasteiger partial charge in [-0.15, -0.1) is 0 Å². The molecule has 1 aliphatic rings. The van der Waals surface area contributed by atoms with E-state index in [2.05, 4.69) is 11.4 Å². The Kier molecular flexibility index (Phi) is 6.13. The number of amides is 1. The van der Waals surface area contributed by atoms with Crippen LogP contribution in [0.3, 0.4) is 0 Å². The molecule has 2 aromatic rings. The first kappa shape index (κ1) is 19.0. The van der Waals surface area contributed by atoms with Crippen molar-refractivity contribution < 1.29 is 9.53 Å². The largest absolute Gasteiger partial charge is 0.492 e. The first-order valence-corrected chi connectivity index (χ1v) is 9.73. The molecule has 0 aliphatic heterocycles. The van der Waals surface area contributed by atoms with Crippen molar-refractivity contribution in [1.82, 2.24) is 0 Å². The average molecular weight is 362 g/mol. The third-order valence-electron chi connectivity index (χ3n) is 5.29. The number of benzene rings is 2. The summed E-state index contributed by atoms with van der Waals surface area (Å²) in [6.45, 7) is 2.59. The van der Waals surface area contributed by atoms with Gasteiger partial charge in [0.2, 0.25) is 5.91 Å². The van der Waals surface area contributed by atoms with Gasteiger partial charge < -0.3 is 10.1 Å². The van der Waals surface area contributed by atoms with Crippen molar-refractivity contribution in [2.45, 2.75) is 50.9 Å². The van der Waals surface area contributed by atoms with E-state index in [1.54, 1.807) is 12.1 Å². The molecule has 140 valence electrons. The summed E-state index contributed by atoms with van der Waals surface area (Å²) in [4.78, 5) is 13.3. The van der Waals surface area contributed by atoms with Gasteiger partial charge in [-0.2, -0.15) is 5.26 Å². The summed E-state index contributed by atoms with van der Waals surface area (Å²) in [5.74, 6) is 0.576. The zero-order valence-corrected chi connectivity index (χ0v) is 15.8. The molecule has 0 aromatic heterocycles. The van der Waals surface area contributed by atoms with E-state index in [1.807, 2.05) is 43.3 Å². The zero-order valence-electron chi connectivity index (χ0n) is 15.8. The lowest BCUT2D eigenvalue weighted by atomic mass is 9.68. The highest BCUT2D eigenvalue weighted by Crippen LogP contribution is 2.40. The van der Waals surface area contributed by atoms with Gasteiger partial charge in [0, 0.05) is 5.69 Å². The molecule has 0 saturated heterocycles. The molecule has 0 radical (unpaired) electrons. The van der Waals surface area contributed by atoms with Crippen LogP contribution in [-0.4, -0.2) is 12.5 Å². The maximum atomic E-state index is 13.3. The van der Waals surface area contributed by atoms with Crippen LogP contribution in [0.1, 0.15) is 56.6 Å². The molecule has 1 amide bonds. The summed E-state index contributed by atoms with van der Waals surface area (Å²) in [5.41, 5.74) is 1.66. The van der Waals surface area contributed by atoms with Crippen molar-refractivity contribution in [2.24, 2.45) is 0 Å². The first-order valence-electron chi connectivity index (χ1n) is 9.73. The average Bonchev–Trinajstić information content (AvgIpc) is 2.73. The van der Waals surface area contributed by atoms with E-state index in [-0.39, 0.29) is 5.91 Å². The second-order valence-electron chi connectivity index (χ2n) is 7.13. The molecule has 1 fully saturated rings. The molecule has 4 heteroatoms. The van der Waals surface area contributed by atoms with Gasteiger partial charge in [-0.3, -0.25) is 4.79 Å². The maximum absolute atomic E-state index is 13.3. The second-order valence-corrected chi connectivity index (χ2v) is 7.13. The molecule has 0 unspecified atom stereocenters. The summed E-state index contributed by atoms with van der Waals surface area (Å²) < 4.78 is 5.61. The number of ether oxygens (including phenoxy) is 1. The predicted octanol–water partition coefficient (Wildman–Crippen LogP) is 5.19. The van der Waals surface area contributed by atoms with Crippen molar-refractivity contribution in [3.05, 3.63) is 59.7 Å². The van der Waals surface area contributed by atoms with Crippen molar-refractivity contribution in [3.63, 3.8) is 0 Å². The van der Waals surface area contributed by atoms with E-state index < -0.39 is 5.41 Å². The minimum absolute atomic E-state index is 0.0134. The third-order valence-corrected chi connectivity index (χ3v) is 5.29. The minimum Gasteiger partial charge on any atom is -0.492 e. The molecule has 27 heavy (non-hydrogen) atoms. The summed E-state index contributed by atoms with van der Waals surface area (Å²) in [6.07, 6.45) is 5.86. The van der Waals surface area contributed by atoms with E-state index in [1.165, 1.54) is 6.42 Å². The third kappa shape index (κ3) is 4.14. The fourth-order valence-corrected chi connectivity index (χ4v) is 3.84. The van der Waals surface area contributed by atoms with Crippen molar-refractivity contribution >= 4 is 11.6 Å². The monoisotopic (exact) mass is 362 g/mol. The lowest BCUT2D eigenvalue weighted by Gasteiger charge is -2.36. The SMILES string of the molecule is CCCOc1ccc(NC(=O)C2(c3ccccc3)CCCCC2)cc1C#N. The number of hydrogen-bond donors (Lipinski definition) is 1. The normalized spacial score (nSPS) is 15.6. The van der Waals surface area contributed by atoms with E-state index in [0.29, 0.717) is 23.6 Å². The molecule has 0 atom stereocenters. The predicted molar refractivity (Wildman–Crippen MR) is 107 cm³/mol. The van der Waals surface area contributed by atoms with Crippen LogP contribution in [-0.2, 0) is 10.2 Å². The minimum atomic E-state index is -0.496. The fraction of sp³-hybridized carbons (Fsp3) is 0.391. The molecule has 2 aromatic carbocycles. The number of nitriles is 1. The van der Waals surface area contributed by atoms with E-state index >= 15 is 0 Å². The Morgan fingerprint density at radius 1 is 1.15 bits per heavy atom. The summed E-state index contributed by atoms with van der Waals surface area (Å²) >= 11 is 0. The Bertz CT molecular complexity index is 818. The lowest BCUT2D eigenvalue weighted by Crippen LogP contribution is -2.42. The number of carbonyl (C=O) groups excluding carboxylic acids is 1. The quantitative estimate of drug-likeness (QED) is 0.769. The van der Waals surface area contributed by atoms with Gasteiger partial charge in [0.1, 0.15) is 11.8 Å². The molecule has 3 rings (SSSR count). The summed E-state index contributed by atoms with van der Waals surface area (Å²) in [6, 6.07) is 17.5. The van der Waals surface area contributed by atoms with Gasteiger partial charge in [0.15, 0.2) is 0 Å². The summed E-state index contributed by atoms with van der Waals surface area (Å²) in [7, 11) is 0. The van der Waals surface area contributed by atoms with Crippen LogP contribution in [0.25, 0.3) is 0 Å². The Morgan fingerprint density at radius 3 is 2.56 bits per heavy atom. The van der Waals surface area contributed by atoms with Crippen LogP contribution in [0.15, 0.2) is 48.5 Å². The van der Waals surface area contributed by atoms with Crippen LogP contribution in [0.2, 0.25) is 0 Å². The van der Waals surface area contributed by atoms with Gasteiger partial charge in [-0.1, -0.05) is 56.5 Å². The molecule has 0 spiro atoms. The van der Waals surface area contributed by atoms with Gasteiger partial charge in [-0.25, -0.2) is 0 Å². The standard InChI is InChI=1S/C23H26N2O2/c1-2-15-27-21-12-11-20(16-18(21)17-24)25-22(26)23(13-7-4-8-14-23)19-9-5-3-6-10-19/h3,5-6,9-12,16H,2,4,7-8,13-15H2,1H3,(H,25,26). The van der Waals surface area contributed by atoms with Crippen LogP contribution in [0, 0.1) is 11.3 Å². The van der Waals surface area contributed by atoms with Crippen molar-refractivity contribution in [3.8, 4) is 11.8 Å². The Hall–Kier alpha value is -2.80. The Balaban J connectivity index is 1.85. The highest BCUT2D eigenvalue weighted by Gasteiger charge is 2.41. The molecule has 1 N–H and O–H groups in total. The van der Waals surface area contributed by atoms with Crippen LogP contribution < -0.4 is 10.1 Å². The number of nitrogens with zero attached hydrogens (tertiary/aromatic N) is 1. The smallest absolute Gasteiger partial charge is 0.235 e. The molecular formula is C23H26N2O2. The molecule has 1 saturated carbocycles. The number of nitrogens with one attached hydrogen (secondary N) is 1. The fourth-order valence-electron chi connectivity index (χ4n) is 3.84. The van der Waals surface area contributed by atoms with Crippen molar-refractivity contribution in [1.29, 1.82) is 5.26 Å². The zero-order chi connectivity index (χ0) is 19.1. The van der Waals surface area contributed by atoms with Gasteiger partial charge in [0.25, 0.3) is 0 Å². The van der Waals surface area contributed by atoms with E-state index in [4.69, 9.17) is 4.74 Å². The number of hydrogen-bond acceptors (Lipinski definition) is 3. The Labute approximate surface area is 161 Å². The lowest BCUT2D eigenvalue weighted by molar-refractivity contribution is -0.122. The first-order chi connectivity index (χ1) is 13.2.